The van der Waals surface area contributed by atoms with Gasteiger partial charge in [0.15, 0.2) is 18.0 Å². The maximum atomic E-state index is 12.8. The molecule has 0 radical (unpaired) electrons. The SMILES string of the molecule is COc1ccc(NC(=O)C[NH+]2CCN(S(=O)(=O)c3ccc(Br)cc3)CC2)cc1OC. The summed E-state index contributed by atoms with van der Waals surface area (Å²) in [5.74, 6) is 0.986. The van der Waals surface area contributed by atoms with E-state index in [0.29, 0.717) is 43.4 Å². The number of hydrogen-bond acceptors (Lipinski definition) is 5. The van der Waals surface area contributed by atoms with E-state index in [2.05, 4.69) is 21.2 Å². The Morgan fingerprint density at radius 1 is 1.07 bits per heavy atom. The molecular formula is C20H25BrN3O5S+. The number of carbonyl (C=O) groups is 1. The van der Waals surface area contributed by atoms with Crippen LogP contribution in [0.1, 0.15) is 0 Å². The van der Waals surface area contributed by atoms with E-state index in [-0.39, 0.29) is 17.3 Å². The predicted octanol–water partition coefficient (Wildman–Crippen LogP) is 0.994. The van der Waals surface area contributed by atoms with Gasteiger partial charge >= 0.3 is 0 Å². The van der Waals surface area contributed by atoms with E-state index < -0.39 is 10.0 Å². The number of nitrogens with one attached hydrogen (secondary N) is 2. The van der Waals surface area contributed by atoms with Gasteiger partial charge in [0.05, 0.1) is 45.3 Å². The Labute approximate surface area is 184 Å². The van der Waals surface area contributed by atoms with E-state index >= 15 is 0 Å². The Balaban J connectivity index is 1.54. The standard InChI is InChI=1S/C20H24BrN3O5S/c1-28-18-8-5-16(13-19(18)29-2)22-20(25)14-23-9-11-24(12-10-23)30(26,27)17-6-3-15(21)4-7-17/h3-8,13H,9-12,14H2,1-2H3,(H,22,25)/p+1. The number of piperazine rings is 1. The van der Waals surface area contributed by atoms with Gasteiger partial charge in [-0.1, -0.05) is 15.9 Å². The van der Waals surface area contributed by atoms with Crippen molar-refractivity contribution in [3.05, 3.63) is 46.9 Å². The fraction of sp³-hybridized carbons (Fsp3) is 0.350. The molecule has 2 aromatic carbocycles. The molecule has 0 saturated carbocycles. The molecule has 162 valence electrons. The second-order valence-electron chi connectivity index (χ2n) is 6.90. The third kappa shape index (κ3) is 5.31. The number of nitrogens with zero attached hydrogens (tertiary/aromatic N) is 1. The number of sulfonamides is 1. The number of hydrogen-bond donors (Lipinski definition) is 2. The fourth-order valence-corrected chi connectivity index (χ4v) is 5.03. The van der Waals surface area contributed by atoms with Crippen LogP contribution in [0.25, 0.3) is 0 Å². The monoisotopic (exact) mass is 498 g/mol. The summed E-state index contributed by atoms with van der Waals surface area (Å²) in [4.78, 5) is 13.7. The lowest BCUT2D eigenvalue weighted by molar-refractivity contribution is -0.895. The second-order valence-corrected chi connectivity index (χ2v) is 9.76. The lowest BCUT2D eigenvalue weighted by Gasteiger charge is -2.31. The van der Waals surface area contributed by atoms with Gasteiger partial charge in [0.1, 0.15) is 0 Å². The minimum absolute atomic E-state index is 0.138. The summed E-state index contributed by atoms with van der Waals surface area (Å²) in [7, 11) is -0.432. The first kappa shape index (κ1) is 22.5. The quantitative estimate of drug-likeness (QED) is 0.594. The van der Waals surface area contributed by atoms with Gasteiger partial charge in [0.25, 0.3) is 5.91 Å². The third-order valence-corrected chi connectivity index (χ3v) is 7.40. The molecule has 0 aromatic heterocycles. The summed E-state index contributed by atoms with van der Waals surface area (Å²) in [5.41, 5.74) is 0.619. The first-order valence-electron chi connectivity index (χ1n) is 9.44. The zero-order valence-electron chi connectivity index (χ0n) is 16.9. The van der Waals surface area contributed by atoms with Crippen molar-refractivity contribution in [3.8, 4) is 11.5 Å². The van der Waals surface area contributed by atoms with E-state index in [9.17, 15) is 13.2 Å². The molecule has 30 heavy (non-hydrogen) atoms. The van der Waals surface area contributed by atoms with Crippen molar-refractivity contribution in [2.75, 3.05) is 52.3 Å². The van der Waals surface area contributed by atoms with Crippen LogP contribution in [0.3, 0.4) is 0 Å². The summed E-state index contributed by atoms with van der Waals surface area (Å²) >= 11 is 3.31. The number of methoxy groups -OCH3 is 2. The summed E-state index contributed by atoms with van der Waals surface area (Å²) < 4.78 is 38.3. The number of ether oxygens (including phenoxy) is 2. The normalized spacial score (nSPS) is 15.6. The summed E-state index contributed by atoms with van der Waals surface area (Å²) in [5, 5.41) is 2.86. The summed E-state index contributed by atoms with van der Waals surface area (Å²) in [6.07, 6.45) is 0. The Morgan fingerprint density at radius 3 is 2.30 bits per heavy atom. The van der Waals surface area contributed by atoms with E-state index in [1.807, 2.05) is 0 Å². The molecule has 0 atom stereocenters. The smallest absolute Gasteiger partial charge is 0.279 e. The molecule has 3 rings (SSSR count). The predicted molar refractivity (Wildman–Crippen MR) is 117 cm³/mol. The van der Waals surface area contributed by atoms with Crippen LogP contribution in [0, 0.1) is 0 Å². The van der Waals surface area contributed by atoms with Crippen LogP contribution in [-0.4, -0.2) is 65.6 Å². The highest BCUT2D eigenvalue weighted by Crippen LogP contribution is 2.29. The highest BCUT2D eigenvalue weighted by atomic mass is 79.9. The third-order valence-electron chi connectivity index (χ3n) is 4.96. The largest absolute Gasteiger partial charge is 0.493 e. The van der Waals surface area contributed by atoms with Gasteiger partial charge in [-0.15, -0.1) is 0 Å². The Hall–Kier alpha value is -2.14. The van der Waals surface area contributed by atoms with Gasteiger partial charge in [-0.2, -0.15) is 4.31 Å². The molecule has 1 aliphatic heterocycles. The van der Waals surface area contributed by atoms with Crippen LogP contribution < -0.4 is 19.7 Å². The van der Waals surface area contributed by atoms with Crippen LogP contribution in [0.15, 0.2) is 51.8 Å². The number of benzene rings is 2. The van der Waals surface area contributed by atoms with Gasteiger partial charge in [0, 0.05) is 16.2 Å². The molecule has 10 heteroatoms. The van der Waals surface area contributed by atoms with E-state index in [0.717, 1.165) is 9.37 Å². The van der Waals surface area contributed by atoms with Gasteiger partial charge < -0.3 is 19.7 Å². The number of rotatable bonds is 7. The molecule has 1 fully saturated rings. The van der Waals surface area contributed by atoms with Gasteiger partial charge in [-0.25, -0.2) is 8.42 Å². The molecule has 0 spiro atoms. The van der Waals surface area contributed by atoms with Crippen molar-refractivity contribution in [2.24, 2.45) is 0 Å². The number of quaternary nitrogens is 1. The molecule has 1 aliphatic rings. The maximum absolute atomic E-state index is 12.8. The zero-order valence-corrected chi connectivity index (χ0v) is 19.3. The minimum Gasteiger partial charge on any atom is -0.493 e. The first-order chi connectivity index (χ1) is 14.3. The van der Waals surface area contributed by atoms with Crippen molar-refractivity contribution >= 4 is 37.5 Å². The lowest BCUT2D eigenvalue weighted by Crippen LogP contribution is -3.15. The molecule has 1 saturated heterocycles. The highest BCUT2D eigenvalue weighted by molar-refractivity contribution is 9.10. The van der Waals surface area contributed by atoms with Crippen molar-refractivity contribution in [2.45, 2.75) is 4.90 Å². The molecule has 1 heterocycles. The molecular weight excluding hydrogens is 474 g/mol. The molecule has 0 unspecified atom stereocenters. The van der Waals surface area contributed by atoms with Crippen molar-refractivity contribution in [1.29, 1.82) is 0 Å². The van der Waals surface area contributed by atoms with Crippen LogP contribution in [0.2, 0.25) is 0 Å². The lowest BCUT2D eigenvalue weighted by atomic mass is 10.2. The topological polar surface area (TPSA) is 89.4 Å². The Bertz CT molecular complexity index is 990. The Kier molecular flexibility index (Phi) is 7.35. The Morgan fingerprint density at radius 2 is 1.70 bits per heavy atom. The highest BCUT2D eigenvalue weighted by Gasteiger charge is 2.31. The average Bonchev–Trinajstić information content (AvgIpc) is 2.74. The molecule has 2 N–H and O–H groups in total. The number of anilines is 1. The molecule has 1 amide bonds. The second kappa shape index (κ2) is 9.78. The number of amides is 1. The molecule has 0 bridgehead atoms. The van der Waals surface area contributed by atoms with Crippen LogP contribution in [-0.2, 0) is 14.8 Å². The molecule has 2 aromatic rings. The van der Waals surface area contributed by atoms with Gasteiger partial charge in [-0.05, 0) is 36.4 Å². The number of carbonyl (C=O) groups excluding carboxylic acids is 1. The summed E-state index contributed by atoms with van der Waals surface area (Å²) in [6, 6.07) is 11.8. The van der Waals surface area contributed by atoms with Crippen LogP contribution in [0.5, 0.6) is 11.5 Å². The summed E-state index contributed by atoms with van der Waals surface area (Å²) in [6.45, 7) is 2.14. The van der Waals surface area contributed by atoms with Crippen molar-refractivity contribution in [1.82, 2.24) is 4.31 Å². The average molecular weight is 499 g/mol. The van der Waals surface area contributed by atoms with Gasteiger partial charge in [-0.3, -0.25) is 4.79 Å². The fourth-order valence-electron chi connectivity index (χ4n) is 3.32. The molecule has 8 nitrogen and oxygen atoms in total. The van der Waals surface area contributed by atoms with Gasteiger partial charge in [0.2, 0.25) is 10.0 Å². The first-order valence-corrected chi connectivity index (χ1v) is 11.7. The van der Waals surface area contributed by atoms with E-state index in [4.69, 9.17) is 9.47 Å². The van der Waals surface area contributed by atoms with Crippen molar-refractivity contribution in [3.63, 3.8) is 0 Å². The van der Waals surface area contributed by atoms with E-state index in [1.54, 1.807) is 49.6 Å². The van der Waals surface area contributed by atoms with Crippen LogP contribution in [0.4, 0.5) is 5.69 Å². The van der Waals surface area contributed by atoms with Crippen LogP contribution >= 0.6 is 15.9 Å². The zero-order chi connectivity index (χ0) is 21.7. The maximum Gasteiger partial charge on any atom is 0.279 e. The van der Waals surface area contributed by atoms with E-state index in [1.165, 1.54) is 11.4 Å². The minimum atomic E-state index is -3.52. The van der Waals surface area contributed by atoms with Crippen molar-refractivity contribution < 1.29 is 27.6 Å². The molecule has 0 aliphatic carbocycles. The number of halogens is 1.